The van der Waals surface area contributed by atoms with Crippen LogP contribution in [0.2, 0.25) is 0 Å². The molecule has 1 unspecified atom stereocenters. The van der Waals surface area contributed by atoms with Crippen LogP contribution in [0.1, 0.15) is 28.2 Å². The highest BCUT2D eigenvalue weighted by atomic mass is 16.5. The first-order valence-electron chi connectivity index (χ1n) is 7.44. The maximum Gasteiger partial charge on any atom is 0.326 e. The third-order valence-electron chi connectivity index (χ3n) is 3.45. The Morgan fingerprint density at radius 1 is 1.38 bits per heavy atom. The number of aryl methyl sites for hydroxylation is 2. The monoisotopic (exact) mass is 332 g/mol. The van der Waals surface area contributed by atoms with E-state index in [0.29, 0.717) is 5.82 Å². The van der Waals surface area contributed by atoms with Gasteiger partial charge in [0.2, 0.25) is 0 Å². The van der Waals surface area contributed by atoms with E-state index < -0.39 is 17.9 Å². The lowest BCUT2D eigenvalue weighted by molar-refractivity contribution is -0.139. The summed E-state index contributed by atoms with van der Waals surface area (Å²) in [5, 5.41) is 15.9. The van der Waals surface area contributed by atoms with Crippen molar-refractivity contribution in [2.75, 3.05) is 13.7 Å². The van der Waals surface area contributed by atoms with Crippen LogP contribution >= 0.6 is 0 Å². The molecule has 2 aromatic heterocycles. The third kappa shape index (κ3) is 4.17. The van der Waals surface area contributed by atoms with Gasteiger partial charge in [0.15, 0.2) is 5.82 Å². The fourth-order valence-electron chi connectivity index (χ4n) is 2.24. The Morgan fingerprint density at radius 3 is 2.62 bits per heavy atom. The van der Waals surface area contributed by atoms with Gasteiger partial charge in [0, 0.05) is 32.0 Å². The highest BCUT2D eigenvalue weighted by Crippen LogP contribution is 2.10. The average molecular weight is 332 g/mol. The standard InChI is InChI=1S/C16H20N4O4/c1-10-8-11(2)20(19-10)14-5-4-12(9-17-14)15(21)18-13(16(22)23)6-7-24-3/h4-5,8-9,13H,6-7H2,1-3H3,(H,18,21)(H,22,23). The van der Waals surface area contributed by atoms with Crippen molar-refractivity contribution in [2.24, 2.45) is 0 Å². The van der Waals surface area contributed by atoms with Crippen molar-refractivity contribution >= 4 is 11.9 Å². The van der Waals surface area contributed by atoms with E-state index >= 15 is 0 Å². The Bertz CT molecular complexity index is 724. The van der Waals surface area contributed by atoms with E-state index in [1.165, 1.54) is 13.3 Å². The van der Waals surface area contributed by atoms with E-state index in [9.17, 15) is 9.59 Å². The van der Waals surface area contributed by atoms with Crippen molar-refractivity contribution in [3.8, 4) is 5.82 Å². The molecule has 2 N–H and O–H groups in total. The summed E-state index contributed by atoms with van der Waals surface area (Å²) in [4.78, 5) is 27.5. The van der Waals surface area contributed by atoms with Gasteiger partial charge in [-0.2, -0.15) is 5.10 Å². The molecule has 0 bridgehead atoms. The maximum atomic E-state index is 12.2. The van der Waals surface area contributed by atoms with E-state index in [2.05, 4.69) is 15.4 Å². The van der Waals surface area contributed by atoms with Gasteiger partial charge in [0.1, 0.15) is 6.04 Å². The first-order valence-corrected chi connectivity index (χ1v) is 7.44. The predicted octanol–water partition coefficient (Wildman–Crippen LogP) is 1.10. The van der Waals surface area contributed by atoms with Crippen molar-refractivity contribution in [1.29, 1.82) is 0 Å². The minimum Gasteiger partial charge on any atom is -0.480 e. The SMILES string of the molecule is COCCC(NC(=O)c1ccc(-n2nc(C)cc2C)nc1)C(=O)O. The highest BCUT2D eigenvalue weighted by molar-refractivity contribution is 5.96. The minimum atomic E-state index is -1.10. The number of aromatic nitrogens is 3. The van der Waals surface area contributed by atoms with Gasteiger partial charge in [-0.1, -0.05) is 0 Å². The quantitative estimate of drug-likeness (QED) is 0.786. The molecule has 2 aromatic rings. The molecule has 0 aliphatic carbocycles. The second-order valence-electron chi connectivity index (χ2n) is 5.39. The number of carboxylic acid groups (broad SMARTS) is 1. The van der Waals surface area contributed by atoms with Crippen molar-refractivity contribution in [3.05, 3.63) is 41.3 Å². The van der Waals surface area contributed by atoms with E-state index in [1.807, 2.05) is 19.9 Å². The zero-order valence-corrected chi connectivity index (χ0v) is 13.8. The lowest BCUT2D eigenvalue weighted by Gasteiger charge is -2.14. The summed E-state index contributed by atoms with van der Waals surface area (Å²) in [6.45, 7) is 4.04. The number of carbonyl (C=O) groups is 2. The Morgan fingerprint density at radius 2 is 2.12 bits per heavy atom. The van der Waals surface area contributed by atoms with Crippen LogP contribution in [0.3, 0.4) is 0 Å². The number of amides is 1. The van der Waals surface area contributed by atoms with Crippen LogP contribution in [0, 0.1) is 13.8 Å². The van der Waals surface area contributed by atoms with Crippen molar-refractivity contribution in [2.45, 2.75) is 26.3 Å². The van der Waals surface area contributed by atoms with Gasteiger partial charge in [0.05, 0.1) is 11.3 Å². The van der Waals surface area contributed by atoms with Crippen molar-refractivity contribution < 1.29 is 19.4 Å². The topological polar surface area (TPSA) is 106 Å². The summed E-state index contributed by atoms with van der Waals surface area (Å²) in [7, 11) is 1.47. The first-order chi connectivity index (χ1) is 11.4. The van der Waals surface area contributed by atoms with Gasteiger partial charge >= 0.3 is 5.97 Å². The number of rotatable bonds is 7. The number of methoxy groups -OCH3 is 1. The van der Waals surface area contributed by atoms with Gasteiger partial charge in [0.25, 0.3) is 5.91 Å². The largest absolute Gasteiger partial charge is 0.480 e. The number of hydrogen-bond acceptors (Lipinski definition) is 5. The maximum absolute atomic E-state index is 12.2. The van der Waals surface area contributed by atoms with Gasteiger partial charge in [-0.3, -0.25) is 4.79 Å². The number of pyridine rings is 1. The third-order valence-corrected chi connectivity index (χ3v) is 3.45. The van der Waals surface area contributed by atoms with Crippen molar-refractivity contribution in [1.82, 2.24) is 20.1 Å². The van der Waals surface area contributed by atoms with Crippen LogP contribution < -0.4 is 5.32 Å². The molecule has 0 fully saturated rings. The zero-order valence-electron chi connectivity index (χ0n) is 13.8. The van der Waals surface area contributed by atoms with Gasteiger partial charge in [-0.05, 0) is 32.0 Å². The molecule has 128 valence electrons. The Balaban J connectivity index is 2.10. The second kappa shape index (κ2) is 7.69. The number of carbonyl (C=O) groups excluding carboxylic acids is 1. The van der Waals surface area contributed by atoms with Crippen LogP contribution in [0.25, 0.3) is 5.82 Å². The van der Waals surface area contributed by atoms with E-state index in [1.54, 1.807) is 16.8 Å². The molecule has 1 amide bonds. The molecule has 0 spiro atoms. The summed E-state index contributed by atoms with van der Waals surface area (Å²) in [5.74, 6) is -1.01. The molecular formula is C16H20N4O4. The molecule has 0 aliphatic rings. The smallest absolute Gasteiger partial charge is 0.326 e. The van der Waals surface area contributed by atoms with Crippen molar-refractivity contribution in [3.63, 3.8) is 0 Å². The van der Waals surface area contributed by atoms with Crippen LogP contribution in [0.15, 0.2) is 24.4 Å². The van der Waals surface area contributed by atoms with E-state index in [4.69, 9.17) is 9.84 Å². The number of nitrogens with zero attached hydrogens (tertiary/aromatic N) is 3. The Kier molecular flexibility index (Phi) is 5.64. The number of nitrogens with one attached hydrogen (secondary N) is 1. The molecule has 0 aliphatic heterocycles. The summed E-state index contributed by atoms with van der Waals surface area (Å²) >= 11 is 0. The van der Waals surface area contributed by atoms with E-state index in [0.717, 1.165) is 11.4 Å². The lowest BCUT2D eigenvalue weighted by Crippen LogP contribution is -2.41. The van der Waals surface area contributed by atoms with Gasteiger partial charge < -0.3 is 15.2 Å². The molecule has 24 heavy (non-hydrogen) atoms. The second-order valence-corrected chi connectivity index (χ2v) is 5.39. The molecule has 2 heterocycles. The van der Waals surface area contributed by atoms with E-state index in [-0.39, 0.29) is 18.6 Å². The molecule has 0 aromatic carbocycles. The molecule has 1 atom stereocenters. The fraction of sp³-hybridized carbons (Fsp3) is 0.375. The normalized spacial score (nSPS) is 12.0. The molecule has 0 radical (unpaired) electrons. The predicted molar refractivity (Wildman–Crippen MR) is 86.2 cm³/mol. The molecule has 2 rings (SSSR count). The summed E-state index contributed by atoms with van der Waals surface area (Å²) in [6, 6.07) is 4.17. The van der Waals surface area contributed by atoms with Gasteiger partial charge in [-0.25, -0.2) is 14.5 Å². The zero-order chi connectivity index (χ0) is 17.7. The summed E-state index contributed by atoms with van der Waals surface area (Å²) in [5.41, 5.74) is 2.09. The molecular weight excluding hydrogens is 312 g/mol. The minimum absolute atomic E-state index is 0.189. The summed E-state index contributed by atoms with van der Waals surface area (Å²) < 4.78 is 6.53. The summed E-state index contributed by atoms with van der Waals surface area (Å²) in [6.07, 6.45) is 1.59. The molecule has 0 saturated carbocycles. The number of hydrogen-bond donors (Lipinski definition) is 2. The molecule has 8 nitrogen and oxygen atoms in total. The van der Waals surface area contributed by atoms with Crippen LogP contribution in [0.5, 0.6) is 0 Å². The van der Waals surface area contributed by atoms with Crippen LogP contribution in [0.4, 0.5) is 0 Å². The molecule has 0 saturated heterocycles. The number of ether oxygens (including phenoxy) is 1. The number of carboxylic acids is 1. The fourth-order valence-corrected chi connectivity index (χ4v) is 2.24. The Labute approximate surface area is 139 Å². The Hall–Kier alpha value is -2.74. The lowest BCUT2D eigenvalue weighted by atomic mass is 10.2. The highest BCUT2D eigenvalue weighted by Gasteiger charge is 2.20. The van der Waals surface area contributed by atoms with Crippen LogP contribution in [-0.2, 0) is 9.53 Å². The average Bonchev–Trinajstić information content (AvgIpc) is 2.89. The first kappa shape index (κ1) is 17.6. The number of aliphatic carboxylic acids is 1. The van der Waals surface area contributed by atoms with Gasteiger partial charge in [-0.15, -0.1) is 0 Å². The molecule has 8 heteroatoms. The van der Waals surface area contributed by atoms with Crippen LogP contribution in [-0.4, -0.2) is 51.5 Å².